The molecule has 0 bridgehead atoms. The van der Waals surface area contributed by atoms with Gasteiger partial charge >= 0.3 is 5.97 Å². The van der Waals surface area contributed by atoms with Crippen molar-refractivity contribution >= 4 is 23.6 Å². The number of Topliss-reactive ketones (excluding diaryl/α,β-unsaturated/α-hetero) is 1. The molecule has 1 aliphatic carbocycles. The van der Waals surface area contributed by atoms with E-state index in [0.717, 1.165) is 0 Å². The van der Waals surface area contributed by atoms with Gasteiger partial charge in [-0.3, -0.25) is 14.4 Å². The minimum Gasteiger partial charge on any atom is -0.330 e. The number of amides is 2. The Balaban J connectivity index is 1.91. The van der Waals surface area contributed by atoms with Gasteiger partial charge in [-0.1, -0.05) is 0 Å². The largest absolute Gasteiger partial charge is 0.336 e. The van der Waals surface area contributed by atoms with E-state index >= 15 is 0 Å². The highest BCUT2D eigenvalue weighted by Crippen LogP contribution is 2.40. The highest BCUT2D eigenvalue weighted by atomic mass is 16.7. The summed E-state index contributed by atoms with van der Waals surface area (Å²) in [5.41, 5.74) is 0. The highest BCUT2D eigenvalue weighted by Gasteiger charge is 2.49. The first-order chi connectivity index (χ1) is 7.50. The average Bonchev–Trinajstić information content (AvgIpc) is 2.96. The predicted molar refractivity (Wildman–Crippen MR) is 49.5 cm³/mol. The molecule has 2 fully saturated rings. The lowest BCUT2D eigenvalue weighted by Crippen LogP contribution is -2.33. The molecule has 1 heterocycles. The summed E-state index contributed by atoms with van der Waals surface area (Å²) in [6.07, 6.45) is 0.601. The summed E-state index contributed by atoms with van der Waals surface area (Å²) < 4.78 is 0. The third kappa shape index (κ3) is 1.82. The first-order valence-electron chi connectivity index (χ1n) is 5.08. The van der Waals surface area contributed by atoms with Gasteiger partial charge in [0.05, 0.1) is 5.92 Å². The molecule has 0 aromatic heterocycles. The smallest absolute Gasteiger partial charge is 0.330 e. The van der Waals surface area contributed by atoms with Gasteiger partial charge in [0.2, 0.25) is 0 Å². The Kier molecular flexibility index (Phi) is 2.49. The molecule has 16 heavy (non-hydrogen) atoms. The summed E-state index contributed by atoms with van der Waals surface area (Å²) in [5, 5.41) is 0.512. The number of rotatable bonds is 3. The number of carbonyl (C=O) groups is 4. The van der Waals surface area contributed by atoms with Crippen LogP contribution in [0.1, 0.15) is 26.2 Å². The fourth-order valence-corrected chi connectivity index (χ4v) is 1.72. The standard InChI is InChI=1S/C10H11NO5/c1-5(12)6-4-7(6)10(15)16-11-8(13)2-3-9(11)14/h6-7H,2-4H2,1H3. The van der Waals surface area contributed by atoms with Crippen molar-refractivity contribution in [2.24, 2.45) is 11.8 Å². The maximum absolute atomic E-state index is 11.4. The Labute approximate surface area is 91.5 Å². The van der Waals surface area contributed by atoms with E-state index in [4.69, 9.17) is 0 Å². The molecule has 86 valence electrons. The van der Waals surface area contributed by atoms with E-state index in [1.165, 1.54) is 6.92 Å². The van der Waals surface area contributed by atoms with Crippen molar-refractivity contribution in [2.45, 2.75) is 26.2 Å². The van der Waals surface area contributed by atoms with Crippen LogP contribution in [0, 0.1) is 11.8 Å². The van der Waals surface area contributed by atoms with Crippen molar-refractivity contribution in [3.63, 3.8) is 0 Å². The summed E-state index contributed by atoms with van der Waals surface area (Å²) >= 11 is 0. The first kappa shape index (κ1) is 10.8. The number of imide groups is 1. The second-order valence-electron chi connectivity index (χ2n) is 4.05. The lowest BCUT2D eigenvalue weighted by molar-refractivity contribution is -0.198. The average molecular weight is 225 g/mol. The summed E-state index contributed by atoms with van der Waals surface area (Å²) in [4.78, 5) is 49.3. The van der Waals surface area contributed by atoms with Crippen LogP contribution in [0.2, 0.25) is 0 Å². The minimum atomic E-state index is -0.663. The van der Waals surface area contributed by atoms with Crippen molar-refractivity contribution in [1.29, 1.82) is 0 Å². The van der Waals surface area contributed by atoms with Crippen molar-refractivity contribution in [3.05, 3.63) is 0 Å². The van der Waals surface area contributed by atoms with Gasteiger partial charge in [0, 0.05) is 18.8 Å². The molecule has 6 nitrogen and oxygen atoms in total. The Morgan fingerprint density at radius 2 is 1.75 bits per heavy atom. The maximum Gasteiger partial charge on any atom is 0.336 e. The molecular weight excluding hydrogens is 214 g/mol. The topological polar surface area (TPSA) is 80.8 Å². The van der Waals surface area contributed by atoms with Gasteiger partial charge in [-0.25, -0.2) is 4.79 Å². The fourth-order valence-electron chi connectivity index (χ4n) is 1.72. The summed E-state index contributed by atoms with van der Waals surface area (Å²) in [5.74, 6) is -2.53. The zero-order valence-corrected chi connectivity index (χ0v) is 8.76. The quantitative estimate of drug-likeness (QED) is 0.622. The highest BCUT2D eigenvalue weighted by molar-refractivity contribution is 6.02. The van der Waals surface area contributed by atoms with Crippen LogP contribution < -0.4 is 0 Å². The fraction of sp³-hybridized carbons (Fsp3) is 0.600. The lowest BCUT2D eigenvalue weighted by Gasteiger charge is -2.12. The molecule has 2 unspecified atom stereocenters. The second-order valence-corrected chi connectivity index (χ2v) is 4.05. The molecular formula is C10H11NO5. The molecule has 2 aliphatic rings. The van der Waals surface area contributed by atoms with E-state index in [0.29, 0.717) is 11.5 Å². The van der Waals surface area contributed by atoms with Gasteiger partial charge < -0.3 is 4.84 Å². The number of carbonyl (C=O) groups excluding carboxylic acids is 4. The molecule has 0 radical (unpaired) electrons. The Morgan fingerprint density at radius 3 is 2.19 bits per heavy atom. The van der Waals surface area contributed by atoms with E-state index in [9.17, 15) is 19.2 Å². The normalized spacial score (nSPS) is 28.2. The van der Waals surface area contributed by atoms with Crippen molar-refractivity contribution in [2.75, 3.05) is 0 Å². The van der Waals surface area contributed by atoms with Gasteiger partial charge in [0.25, 0.3) is 11.8 Å². The summed E-state index contributed by atoms with van der Waals surface area (Å²) in [6, 6.07) is 0. The third-order valence-electron chi connectivity index (χ3n) is 2.80. The van der Waals surface area contributed by atoms with Crippen LogP contribution in [-0.4, -0.2) is 28.6 Å². The van der Waals surface area contributed by atoms with Crippen LogP contribution in [0.4, 0.5) is 0 Å². The molecule has 0 spiro atoms. The SMILES string of the molecule is CC(=O)C1CC1C(=O)ON1C(=O)CCC1=O. The first-order valence-corrected chi connectivity index (χ1v) is 5.08. The van der Waals surface area contributed by atoms with Gasteiger partial charge in [-0.15, -0.1) is 5.06 Å². The summed E-state index contributed by atoms with van der Waals surface area (Å²) in [6.45, 7) is 1.41. The molecule has 0 aromatic carbocycles. The van der Waals surface area contributed by atoms with E-state index in [2.05, 4.69) is 4.84 Å². The Hall–Kier alpha value is -1.72. The van der Waals surface area contributed by atoms with Gasteiger partial charge in [0.15, 0.2) is 0 Å². The van der Waals surface area contributed by atoms with Crippen molar-refractivity contribution < 1.29 is 24.0 Å². The molecule has 2 rings (SSSR count). The molecule has 2 amide bonds. The third-order valence-corrected chi connectivity index (χ3v) is 2.80. The van der Waals surface area contributed by atoms with Gasteiger partial charge in [-0.2, -0.15) is 0 Å². The Morgan fingerprint density at radius 1 is 1.19 bits per heavy atom. The lowest BCUT2D eigenvalue weighted by atomic mass is 10.2. The van der Waals surface area contributed by atoms with Crippen molar-refractivity contribution in [3.8, 4) is 0 Å². The zero-order valence-electron chi connectivity index (χ0n) is 8.76. The van der Waals surface area contributed by atoms with Crippen LogP contribution >= 0.6 is 0 Å². The minimum absolute atomic E-state index is 0.0685. The molecule has 6 heteroatoms. The number of hydrogen-bond acceptors (Lipinski definition) is 5. The number of nitrogens with zero attached hydrogens (tertiary/aromatic N) is 1. The number of hydroxylamine groups is 2. The Bertz CT molecular complexity index is 373. The van der Waals surface area contributed by atoms with Crippen LogP contribution in [0.25, 0.3) is 0 Å². The van der Waals surface area contributed by atoms with E-state index in [1.54, 1.807) is 0 Å². The predicted octanol–water partition coefficient (Wildman–Crippen LogP) is -0.181. The van der Waals surface area contributed by atoms with Crippen LogP contribution in [0.3, 0.4) is 0 Å². The van der Waals surface area contributed by atoms with Crippen LogP contribution in [0.5, 0.6) is 0 Å². The van der Waals surface area contributed by atoms with E-state index in [-0.39, 0.29) is 24.5 Å². The van der Waals surface area contributed by atoms with E-state index < -0.39 is 23.7 Å². The molecule has 0 N–H and O–H groups in total. The molecule has 2 atom stereocenters. The molecule has 1 saturated carbocycles. The monoisotopic (exact) mass is 225 g/mol. The maximum atomic E-state index is 11.4. The summed E-state index contributed by atoms with van der Waals surface area (Å²) in [7, 11) is 0. The number of hydrogen-bond donors (Lipinski definition) is 0. The molecule has 0 aromatic rings. The van der Waals surface area contributed by atoms with E-state index in [1.807, 2.05) is 0 Å². The van der Waals surface area contributed by atoms with Crippen LogP contribution in [-0.2, 0) is 24.0 Å². The van der Waals surface area contributed by atoms with Gasteiger partial charge in [-0.05, 0) is 13.3 Å². The molecule has 1 aliphatic heterocycles. The second kappa shape index (κ2) is 3.70. The van der Waals surface area contributed by atoms with Gasteiger partial charge in [0.1, 0.15) is 5.78 Å². The van der Waals surface area contributed by atoms with Crippen LogP contribution in [0.15, 0.2) is 0 Å². The van der Waals surface area contributed by atoms with Crippen molar-refractivity contribution in [1.82, 2.24) is 5.06 Å². The zero-order chi connectivity index (χ0) is 11.9. The number of ketones is 1. The molecule has 1 saturated heterocycles.